The van der Waals surface area contributed by atoms with Crippen LogP contribution in [0, 0.1) is 0 Å². The summed E-state index contributed by atoms with van der Waals surface area (Å²) in [6, 6.07) is 14.8. The van der Waals surface area contributed by atoms with Crippen molar-refractivity contribution in [2.24, 2.45) is 0 Å². The highest BCUT2D eigenvalue weighted by molar-refractivity contribution is 6.35. The summed E-state index contributed by atoms with van der Waals surface area (Å²) >= 11 is 12.2. The van der Waals surface area contributed by atoms with Crippen LogP contribution in [0.2, 0.25) is 10.0 Å². The molecule has 1 unspecified atom stereocenters. The fourth-order valence-electron chi connectivity index (χ4n) is 3.44. The highest BCUT2D eigenvalue weighted by Crippen LogP contribution is 2.25. The molecule has 4 N–H and O–H groups in total. The minimum absolute atomic E-state index is 0.00600. The molecule has 0 heterocycles. The Morgan fingerprint density at radius 1 is 0.882 bits per heavy atom. The number of hydrogen-bond donors (Lipinski definition) is 4. The molecule has 0 spiro atoms. The van der Waals surface area contributed by atoms with Crippen LogP contribution in [0.3, 0.4) is 0 Å². The lowest BCUT2D eigenvalue weighted by Gasteiger charge is -2.16. The van der Waals surface area contributed by atoms with E-state index in [-0.39, 0.29) is 28.7 Å². The van der Waals surface area contributed by atoms with Crippen molar-refractivity contribution >= 4 is 46.7 Å². The van der Waals surface area contributed by atoms with Crippen LogP contribution in [0.25, 0.3) is 0 Å². The van der Waals surface area contributed by atoms with Gasteiger partial charge < -0.3 is 20.8 Å². The number of halogens is 2. The first kappa shape index (κ1) is 25.1. The minimum Gasteiger partial charge on any atom is -0.507 e. The second kappa shape index (κ2) is 11.0. The third-order valence-electron chi connectivity index (χ3n) is 5.18. The van der Waals surface area contributed by atoms with Gasteiger partial charge in [-0.3, -0.25) is 9.59 Å². The number of carbonyl (C=O) groups is 3. The topological polar surface area (TPSA) is 116 Å². The van der Waals surface area contributed by atoms with Gasteiger partial charge in [0.1, 0.15) is 11.8 Å². The van der Waals surface area contributed by atoms with Crippen molar-refractivity contribution in [2.75, 3.05) is 5.32 Å². The van der Waals surface area contributed by atoms with Gasteiger partial charge in [0.2, 0.25) is 0 Å². The van der Waals surface area contributed by atoms with Crippen molar-refractivity contribution in [1.29, 1.82) is 0 Å². The number of rotatable bonds is 8. The Balaban J connectivity index is 1.70. The highest BCUT2D eigenvalue weighted by atomic mass is 35.5. The maximum Gasteiger partial charge on any atom is 0.326 e. The van der Waals surface area contributed by atoms with Gasteiger partial charge >= 0.3 is 5.97 Å². The first-order chi connectivity index (χ1) is 16.2. The highest BCUT2D eigenvalue weighted by Gasteiger charge is 2.24. The van der Waals surface area contributed by atoms with Gasteiger partial charge in [-0.05, 0) is 47.9 Å². The van der Waals surface area contributed by atoms with Crippen molar-refractivity contribution in [2.45, 2.75) is 25.8 Å². The number of carboxylic acids is 1. The zero-order valence-corrected chi connectivity index (χ0v) is 19.7. The van der Waals surface area contributed by atoms with Crippen LogP contribution in [0.15, 0.2) is 60.7 Å². The zero-order chi connectivity index (χ0) is 24.8. The van der Waals surface area contributed by atoms with Crippen LogP contribution in [0.5, 0.6) is 5.75 Å². The molecule has 34 heavy (non-hydrogen) atoms. The van der Waals surface area contributed by atoms with E-state index in [1.165, 1.54) is 18.2 Å². The van der Waals surface area contributed by atoms with E-state index in [0.29, 0.717) is 28.3 Å². The largest absolute Gasteiger partial charge is 0.507 e. The summed E-state index contributed by atoms with van der Waals surface area (Å²) in [5.74, 6) is -2.74. The van der Waals surface area contributed by atoms with E-state index in [1.807, 2.05) is 13.0 Å². The molecule has 0 fully saturated rings. The van der Waals surface area contributed by atoms with Crippen LogP contribution in [-0.4, -0.2) is 34.0 Å². The molecule has 0 aliphatic carbocycles. The molecule has 2 amide bonds. The standard InChI is InChI=1S/C25H22Cl2N2O5/c1-2-15-5-3-6-17(26)21(15)23(31)28-16-11-9-14(10-12-16)13-19(25(33)34)29-24(32)22-18(27)7-4-8-20(22)30/h3-12,19,30H,2,13H2,1H3,(H,28,31)(H,29,32)(H,33,34). The number of amides is 2. The molecule has 7 nitrogen and oxygen atoms in total. The molecule has 9 heteroatoms. The third kappa shape index (κ3) is 5.87. The lowest BCUT2D eigenvalue weighted by Crippen LogP contribution is -2.42. The van der Waals surface area contributed by atoms with Gasteiger partial charge in [-0.1, -0.05) is 60.5 Å². The fraction of sp³-hybridized carbons (Fsp3) is 0.160. The molecule has 0 saturated heterocycles. The SMILES string of the molecule is CCc1cccc(Cl)c1C(=O)Nc1ccc(CC(NC(=O)c2c(O)cccc2Cl)C(=O)O)cc1. The normalized spacial score (nSPS) is 11.5. The number of phenolic OH excluding ortho intramolecular Hbond substituents is 1. The quantitative estimate of drug-likeness (QED) is 0.349. The van der Waals surface area contributed by atoms with Crippen molar-refractivity contribution in [3.63, 3.8) is 0 Å². The number of carbonyl (C=O) groups excluding carboxylic acids is 2. The van der Waals surface area contributed by atoms with Crippen molar-refractivity contribution < 1.29 is 24.6 Å². The summed E-state index contributed by atoms with van der Waals surface area (Å²) in [5.41, 5.74) is 2.16. The Morgan fingerprint density at radius 3 is 2.09 bits per heavy atom. The van der Waals surface area contributed by atoms with Crippen LogP contribution < -0.4 is 10.6 Å². The van der Waals surface area contributed by atoms with Crippen molar-refractivity contribution in [3.8, 4) is 5.75 Å². The number of benzene rings is 3. The van der Waals surface area contributed by atoms with E-state index in [4.69, 9.17) is 23.2 Å². The Bertz CT molecular complexity index is 1210. The third-order valence-corrected chi connectivity index (χ3v) is 5.81. The van der Waals surface area contributed by atoms with Gasteiger partial charge in [0.05, 0.1) is 21.2 Å². The second-order valence-corrected chi connectivity index (χ2v) is 8.30. The van der Waals surface area contributed by atoms with Gasteiger partial charge in [0.15, 0.2) is 0 Å². The maximum absolute atomic E-state index is 12.7. The van der Waals surface area contributed by atoms with Gasteiger partial charge in [0.25, 0.3) is 11.8 Å². The molecule has 0 aliphatic heterocycles. The predicted molar refractivity (Wildman–Crippen MR) is 131 cm³/mol. The van der Waals surface area contributed by atoms with Crippen molar-refractivity contribution in [3.05, 3.63) is 93.0 Å². The first-order valence-corrected chi connectivity index (χ1v) is 11.2. The van der Waals surface area contributed by atoms with E-state index in [9.17, 15) is 24.6 Å². The van der Waals surface area contributed by atoms with Gasteiger partial charge in [-0.15, -0.1) is 0 Å². The molecule has 3 aromatic rings. The van der Waals surface area contributed by atoms with Crippen LogP contribution in [0.1, 0.15) is 38.8 Å². The van der Waals surface area contributed by atoms with Crippen LogP contribution in [-0.2, 0) is 17.6 Å². The molecule has 0 bridgehead atoms. The minimum atomic E-state index is -1.26. The number of nitrogens with one attached hydrogen (secondary N) is 2. The molecule has 3 aromatic carbocycles. The monoisotopic (exact) mass is 500 g/mol. The molecular weight excluding hydrogens is 479 g/mol. The first-order valence-electron chi connectivity index (χ1n) is 10.4. The average molecular weight is 501 g/mol. The summed E-state index contributed by atoms with van der Waals surface area (Å²) in [6.45, 7) is 1.93. The van der Waals surface area contributed by atoms with Crippen LogP contribution in [0.4, 0.5) is 5.69 Å². The molecule has 0 aromatic heterocycles. The molecular formula is C25H22Cl2N2O5. The number of anilines is 1. The summed E-state index contributed by atoms with van der Waals surface area (Å²) in [7, 11) is 0. The Kier molecular flexibility index (Phi) is 8.15. The van der Waals surface area contributed by atoms with Crippen LogP contribution >= 0.6 is 23.2 Å². The number of aliphatic carboxylic acids is 1. The Labute approximate surface area is 206 Å². The number of hydrogen-bond acceptors (Lipinski definition) is 4. The number of aryl methyl sites for hydroxylation is 1. The van der Waals surface area contributed by atoms with Gasteiger partial charge in [0, 0.05) is 12.1 Å². The Hall–Kier alpha value is -3.55. The summed E-state index contributed by atoms with van der Waals surface area (Å²) in [5, 5.41) is 25.0. The van der Waals surface area contributed by atoms with E-state index < -0.39 is 17.9 Å². The fourth-order valence-corrected chi connectivity index (χ4v) is 3.97. The molecule has 1 atom stereocenters. The number of phenols is 1. The predicted octanol–water partition coefficient (Wildman–Crippen LogP) is 4.94. The maximum atomic E-state index is 12.7. The lowest BCUT2D eigenvalue weighted by atomic mass is 10.0. The van der Waals surface area contributed by atoms with E-state index in [2.05, 4.69) is 10.6 Å². The molecule has 0 saturated carbocycles. The summed E-state index contributed by atoms with van der Waals surface area (Å²) in [6.07, 6.45) is 0.627. The van der Waals surface area contributed by atoms with Gasteiger partial charge in [-0.25, -0.2) is 4.79 Å². The van der Waals surface area contributed by atoms with Crippen molar-refractivity contribution in [1.82, 2.24) is 5.32 Å². The second-order valence-electron chi connectivity index (χ2n) is 7.48. The number of carboxylic acid groups (broad SMARTS) is 1. The molecule has 0 radical (unpaired) electrons. The zero-order valence-electron chi connectivity index (χ0n) is 18.1. The van der Waals surface area contributed by atoms with E-state index in [1.54, 1.807) is 36.4 Å². The Morgan fingerprint density at radius 2 is 1.50 bits per heavy atom. The molecule has 3 rings (SSSR count). The average Bonchev–Trinajstić information content (AvgIpc) is 2.79. The van der Waals surface area contributed by atoms with Gasteiger partial charge in [-0.2, -0.15) is 0 Å². The smallest absolute Gasteiger partial charge is 0.326 e. The molecule has 176 valence electrons. The molecule has 0 aliphatic rings. The van der Waals surface area contributed by atoms with E-state index in [0.717, 1.165) is 5.56 Å². The lowest BCUT2D eigenvalue weighted by molar-refractivity contribution is -0.139. The summed E-state index contributed by atoms with van der Waals surface area (Å²) < 4.78 is 0. The number of aromatic hydroxyl groups is 1. The summed E-state index contributed by atoms with van der Waals surface area (Å²) in [4.78, 5) is 37.0. The van der Waals surface area contributed by atoms with E-state index >= 15 is 0 Å².